The van der Waals surface area contributed by atoms with Crippen molar-refractivity contribution in [3.05, 3.63) is 62.8 Å². The number of benzene rings is 1. The lowest BCUT2D eigenvalue weighted by Crippen LogP contribution is -2.22. The second kappa shape index (κ2) is 5.84. The Morgan fingerprint density at radius 1 is 1.26 bits per heavy atom. The molecular weight excluding hydrogens is 308 g/mol. The number of carbonyl (C=O) groups excluding carboxylic acids is 1. The van der Waals surface area contributed by atoms with Gasteiger partial charge in [0.1, 0.15) is 6.29 Å². The van der Waals surface area contributed by atoms with Crippen molar-refractivity contribution in [3.63, 3.8) is 0 Å². The largest absolute Gasteiger partial charge is 0.328 e. The summed E-state index contributed by atoms with van der Waals surface area (Å²) in [5.74, 6) is 0. The number of halogens is 1. The molecule has 0 unspecified atom stereocenters. The van der Waals surface area contributed by atoms with E-state index < -0.39 is 0 Å². The second-order valence-electron chi connectivity index (χ2n) is 4.15. The van der Waals surface area contributed by atoms with Gasteiger partial charge in [-0.05, 0) is 29.8 Å². The van der Waals surface area contributed by atoms with Gasteiger partial charge in [0, 0.05) is 17.7 Å². The smallest absolute Gasteiger partial charge is 0.299 e. The Kier molecular flexibility index (Phi) is 4.16. The highest BCUT2D eigenvalue weighted by Gasteiger charge is 2.06. The van der Waals surface area contributed by atoms with Gasteiger partial charge in [-0.1, -0.05) is 28.1 Å². The van der Waals surface area contributed by atoms with Crippen LogP contribution in [0.4, 0.5) is 0 Å². The minimum atomic E-state index is -0.103. The van der Waals surface area contributed by atoms with E-state index in [1.807, 2.05) is 24.3 Å². The summed E-state index contributed by atoms with van der Waals surface area (Å²) in [7, 11) is 1.69. The number of allylic oxidation sites excluding steroid dienone is 1. The summed E-state index contributed by atoms with van der Waals surface area (Å²) in [6.07, 6.45) is 5.42. The molecule has 0 saturated heterocycles. The zero-order chi connectivity index (χ0) is 13.8. The van der Waals surface area contributed by atoms with E-state index in [2.05, 4.69) is 15.9 Å². The molecule has 2 aromatic rings. The summed E-state index contributed by atoms with van der Waals surface area (Å²) in [5, 5.41) is 0. The van der Waals surface area contributed by atoms with Crippen molar-refractivity contribution < 1.29 is 4.79 Å². The predicted molar refractivity (Wildman–Crippen MR) is 78.0 cm³/mol. The molecule has 4 nitrogen and oxygen atoms in total. The molecule has 0 amide bonds. The molecule has 0 saturated carbocycles. The zero-order valence-electron chi connectivity index (χ0n) is 10.4. The molecular formula is C14H13BrN2O2. The molecule has 0 bridgehead atoms. The Labute approximate surface area is 119 Å². The lowest BCUT2D eigenvalue weighted by atomic mass is 10.2. The van der Waals surface area contributed by atoms with E-state index in [0.717, 1.165) is 10.0 Å². The molecule has 1 aromatic carbocycles. The van der Waals surface area contributed by atoms with Crippen LogP contribution >= 0.6 is 15.9 Å². The molecule has 0 atom stereocenters. The number of hydrogen-bond donors (Lipinski definition) is 0. The number of imidazole rings is 1. The highest BCUT2D eigenvalue weighted by Crippen LogP contribution is 2.11. The summed E-state index contributed by atoms with van der Waals surface area (Å²) < 4.78 is 4.14. The van der Waals surface area contributed by atoms with Crippen LogP contribution in [0.2, 0.25) is 0 Å². The Morgan fingerprint density at radius 2 is 1.95 bits per heavy atom. The number of carbonyl (C=O) groups is 1. The van der Waals surface area contributed by atoms with Crippen LogP contribution in [0.3, 0.4) is 0 Å². The molecule has 1 heterocycles. The summed E-state index contributed by atoms with van der Waals surface area (Å²) in [6.45, 7) is 0.509. The molecule has 98 valence electrons. The minimum absolute atomic E-state index is 0.103. The summed E-state index contributed by atoms with van der Waals surface area (Å²) >= 11 is 3.37. The van der Waals surface area contributed by atoms with Crippen molar-refractivity contribution in [1.82, 2.24) is 9.13 Å². The van der Waals surface area contributed by atoms with Crippen molar-refractivity contribution in [2.75, 3.05) is 0 Å². The molecule has 19 heavy (non-hydrogen) atoms. The topological polar surface area (TPSA) is 44.0 Å². The highest BCUT2D eigenvalue weighted by molar-refractivity contribution is 9.10. The van der Waals surface area contributed by atoms with Gasteiger partial charge in [0.2, 0.25) is 0 Å². The maximum absolute atomic E-state index is 12.0. The standard InChI is InChI=1S/C14H13BrN2O2/c1-16-13(3-2-8-18)10-17(14(16)19)9-11-4-6-12(15)7-5-11/h2-8,10H,9H2,1H3/b3-2-. The van der Waals surface area contributed by atoms with Gasteiger partial charge in [-0.3, -0.25) is 13.9 Å². The fourth-order valence-electron chi connectivity index (χ4n) is 1.80. The van der Waals surface area contributed by atoms with Crippen molar-refractivity contribution >= 4 is 28.3 Å². The molecule has 0 fully saturated rings. The Bertz CT molecular complexity index is 666. The van der Waals surface area contributed by atoms with Gasteiger partial charge in [0.25, 0.3) is 0 Å². The van der Waals surface area contributed by atoms with Crippen molar-refractivity contribution in [2.24, 2.45) is 7.05 Å². The van der Waals surface area contributed by atoms with E-state index in [9.17, 15) is 9.59 Å². The Morgan fingerprint density at radius 3 is 2.58 bits per heavy atom. The van der Waals surface area contributed by atoms with Gasteiger partial charge in [-0.2, -0.15) is 0 Å². The van der Waals surface area contributed by atoms with Crippen LogP contribution in [0.25, 0.3) is 6.08 Å². The van der Waals surface area contributed by atoms with Crippen LogP contribution in [0.1, 0.15) is 11.3 Å². The maximum atomic E-state index is 12.0. The maximum Gasteiger partial charge on any atom is 0.328 e. The molecule has 0 aliphatic heterocycles. The molecule has 0 aliphatic rings. The summed E-state index contributed by atoms with van der Waals surface area (Å²) in [6, 6.07) is 7.81. The second-order valence-corrected chi connectivity index (χ2v) is 5.06. The number of hydrogen-bond acceptors (Lipinski definition) is 2. The first-order chi connectivity index (χ1) is 9.11. The van der Waals surface area contributed by atoms with Crippen LogP contribution < -0.4 is 5.69 Å². The van der Waals surface area contributed by atoms with Crippen LogP contribution in [-0.4, -0.2) is 15.4 Å². The van der Waals surface area contributed by atoms with Gasteiger partial charge >= 0.3 is 5.69 Å². The van der Waals surface area contributed by atoms with Crippen LogP contribution in [0.15, 0.2) is 45.8 Å². The lowest BCUT2D eigenvalue weighted by Gasteiger charge is -2.01. The molecule has 5 heteroatoms. The molecule has 0 aliphatic carbocycles. The fourth-order valence-corrected chi connectivity index (χ4v) is 2.06. The summed E-state index contributed by atoms with van der Waals surface area (Å²) in [5.41, 5.74) is 1.64. The normalized spacial score (nSPS) is 11.1. The van der Waals surface area contributed by atoms with E-state index in [1.165, 1.54) is 10.6 Å². The van der Waals surface area contributed by atoms with Crippen LogP contribution in [0, 0.1) is 0 Å². The third kappa shape index (κ3) is 3.12. The lowest BCUT2D eigenvalue weighted by molar-refractivity contribution is -0.104. The average molecular weight is 321 g/mol. The van der Waals surface area contributed by atoms with Crippen LogP contribution in [0.5, 0.6) is 0 Å². The van der Waals surface area contributed by atoms with Gasteiger partial charge in [0.15, 0.2) is 0 Å². The quantitative estimate of drug-likeness (QED) is 0.640. The van der Waals surface area contributed by atoms with Crippen molar-refractivity contribution in [2.45, 2.75) is 6.54 Å². The van der Waals surface area contributed by atoms with Gasteiger partial charge in [-0.15, -0.1) is 0 Å². The third-order valence-corrected chi connectivity index (χ3v) is 3.35. The SMILES string of the molecule is Cn1c(/C=C\C=O)cn(Cc2ccc(Br)cc2)c1=O. The number of aldehydes is 1. The van der Waals surface area contributed by atoms with Crippen molar-refractivity contribution in [3.8, 4) is 0 Å². The van der Waals surface area contributed by atoms with E-state index in [0.29, 0.717) is 18.5 Å². The van der Waals surface area contributed by atoms with Crippen LogP contribution in [-0.2, 0) is 18.4 Å². The molecule has 0 radical (unpaired) electrons. The van der Waals surface area contributed by atoms with E-state index in [-0.39, 0.29) is 5.69 Å². The average Bonchev–Trinajstić information content (AvgIpc) is 2.67. The minimum Gasteiger partial charge on any atom is -0.299 e. The van der Waals surface area contributed by atoms with Gasteiger partial charge in [0.05, 0.1) is 12.2 Å². The Balaban J connectivity index is 2.30. The van der Waals surface area contributed by atoms with E-state index in [1.54, 1.807) is 23.9 Å². The first-order valence-electron chi connectivity index (χ1n) is 5.74. The van der Waals surface area contributed by atoms with E-state index in [4.69, 9.17) is 0 Å². The molecule has 2 rings (SSSR count). The predicted octanol–water partition coefficient (Wildman–Crippen LogP) is 2.21. The first-order valence-corrected chi connectivity index (χ1v) is 6.53. The Hall–Kier alpha value is -1.88. The van der Waals surface area contributed by atoms with Gasteiger partial charge in [-0.25, -0.2) is 4.79 Å². The zero-order valence-corrected chi connectivity index (χ0v) is 12.0. The summed E-state index contributed by atoms with van der Waals surface area (Å²) in [4.78, 5) is 22.3. The monoisotopic (exact) mass is 320 g/mol. The van der Waals surface area contributed by atoms with Gasteiger partial charge < -0.3 is 0 Å². The third-order valence-electron chi connectivity index (χ3n) is 2.82. The van der Waals surface area contributed by atoms with E-state index >= 15 is 0 Å². The van der Waals surface area contributed by atoms with Crippen molar-refractivity contribution in [1.29, 1.82) is 0 Å². The first kappa shape index (κ1) is 13.5. The number of rotatable bonds is 4. The highest BCUT2D eigenvalue weighted by atomic mass is 79.9. The molecule has 0 N–H and O–H groups in total. The number of nitrogens with zero attached hydrogens (tertiary/aromatic N) is 2. The fraction of sp³-hybridized carbons (Fsp3) is 0.143. The molecule has 1 aromatic heterocycles. The molecule has 0 spiro atoms. The number of aromatic nitrogens is 2.